The van der Waals surface area contributed by atoms with Gasteiger partial charge >= 0.3 is 5.97 Å². The van der Waals surface area contributed by atoms with Crippen LogP contribution in [0.4, 0.5) is 0 Å². The number of carbonyl (C=O) groups is 1. The monoisotopic (exact) mass is 492 g/mol. The minimum absolute atomic E-state index is 0.221. The van der Waals surface area contributed by atoms with Gasteiger partial charge in [-0.15, -0.1) is 0 Å². The van der Waals surface area contributed by atoms with E-state index in [1.165, 1.54) is 11.3 Å². The molecule has 1 aromatic heterocycles. The van der Waals surface area contributed by atoms with Crippen molar-refractivity contribution in [3.63, 3.8) is 0 Å². The summed E-state index contributed by atoms with van der Waals surface area (Å²) < 4.78 is 18.5. The van der Waals surface area contributed by atoms with Crippen molar-refractivity contribution in [2.75, 3.05) is 20.3 Å². The van der Waals surface area contributed by atoms with Crippen LogP contribution in [0.5, 0.6) is 11.5 Å². The molecule has 2 aromatic carbocycles. The highest BCUT2D eigenvalue weighted by Crippen LogP contribution is 2.31. The molecule has 0 saturated carbocycles. The van der Waals surface area contributed by atoms with E-state index >= 15 is 0 Å². The summed E-state index contributed by atoms with van der Waals surface area (Å²) in [4.78, 5) is 31.8. The van der Waals surface area contributed by atoms with E-state index < -0.39 is 12.0 Å². The van der Waals surface area contributed by atoms with Crippen molar-refractivity contribution in [1.29, 1.82) is 0 Å². The Morgan fingerprint density at radius 2 is 1.83 bits per heavy atom. The molecule has 2 heterocycles. The average molecular weight is 493 g/mol. The first-order chi connectivity index (χ1) is 16.9. The van der Waals surface area contributed by atoms with Crippen molar-refractivity contribution < 1.29 is 19.0 Å². The first-order valence-corrected chi connectivity index (χ1v) is 12.3. The van der Waals surface area contributed by atoms with Crippen LogP contribution >= 0.6 is 11.3 Å². The second kappa shape index (κ2) is 10.3. The van der Waals surface area contributed by atoms with Gasteiger partial charge in [-0.3, -0.25) is 9.36 Å². The fourth-order valence-electron chi connectivity index (χ4n) is 4.06. The molecule has 0 N–H and O–H groups in total. The summed E-state index contributed by atoms with van der Waals surface area (Å²) in [6.45, 7) is 8.20. The number of hydrogen-bond acceptors (Lipinski definition) is 7. The van der Waals surface area contributed by atoms with Gasteiger partial charge in [0, 0.05) is 0 Å². The lowest BCUT2D eigenvalue weighted by atomic mass is 9.95. The van der Waals surface area contributed by atoms with E-state index in [0.717, 1.165) is 16.7 Å². The van der Waals surface area contributed by atoms with E-state index in [2.05, 4.69) is 4.99 Å². The van der Waals surface area contributed by atoms with Gasteiger partial charge in [0.15, 0.2) is 16.3 Å². The molecule has 182 valence electrons. The summed E-state index contributed by atoms with van der Waals surface area (Å²) in [6, 6.07) is 12.7. The molecule has 0 fully saturated rings. The number of hydrogen-bond donors (Lipinski definition) is 0. The summed E-state index contributed by atoms with van der Waals surface area (Å²) >= 11 is 1.29. The molecule has 8 heteroatoms. The van der Waals surface area contributed by atoms with Crippen LogP contribution in [0.2, 0.25) is 0 Å². The Morgan fingerprint density at radius 3 is 2.49 bits per heavy atom. The predicted octanol–water partition coefficient (Wildman–Crippen LogP) is 3.51. The van der Waals surface area contributed by atoms with E-state index in [0.29, 0.717) is 38.7 Å². The molecule has 35 heavy (non-hydrogen) atoms. The number of rotatable bonds is 7. The molecular formula is C27H28N2O5S. The maximum Gasteiger partial charge on any atom is 0.338 e. The Morgan fingerprint density at radius 1 is 1.09 bits per heavy atom. The van der Waals surface area contributed by atoms with Crippen LogP contribution in [0.3, 0.4) is 0 Å². The fraction of sp³-hybridized carbons (Fsp3) is 0.296. The zero-order chi connectivity index (χ0) is 25.1. The topological polar surface area (TPSA) is 79.1 Å². The van der Waals surface area contributed by atoms with E-state index in [1.54, 1.807) is 31.6 Å². The van der Waals surface area contributed by atoms with Crippen LogP contribution in [0.1, 0.15) is 43.5 Å². The molecule has 3 aromatic rings. The highest BCUT2D eigenvalue weighted by Gasteiger charge is 2.33. The Labute approximate surface area is 207 Å². The highest BCUT2D eigenvalue weighted by molar-refractivity contribution is 7.07. The molecule has 1 aliphatic rings. The molecule has 0 radical (unpaired) electrons. The molecule has 0 spiro atoms. The number of nitrogens with zero attached hydrogens (tertiary/aromatic N) is 2. The maximum absolute atomic E-state index is 13.7. The molecular weight excluding hydrogens is 464 g/mol. The molecule has 0 saturated heterocycles. The molecule has 0 bridgehead atoms. The fourth-order valence-corrected chi connectivity index (χ4v) is 5.10. The van der Waals surface area contributed by atoms with E-state index in [9.17, 15) is 9.59 Å². The summed E-state index contributed by atoms with van der Waals surface area (Å²) in [5.74, 6) is 0.763. The Hall–Kier alpha value is -3.65. The van der Waals surface area contributed by atoms with Crippen molar-refractivity contribution in [2.45, 2.75) is 33.7 Å². The lowest BCUT2D eigenvalue weighted by molar-refractivity contribution is -0.139. The van der Waals surface area contributed by atoms with Crippen LogP contribution in [0, 0.1) is 6.92 Å². The quantitative estimate of drug-likeness (QED) is 0.472. The lowest BCUT2D eigenvalue weighted by Gasteiger charge is -2.24. The van der Waals surface area contributed by atoms with Gasteiger partial charge in [0.1, 0.15) is 0 Å². The Balaban J connectivity index is 1.90. The van der Waals surface area contributed by atoms with E-state index in [-0.39, 0.29) is 12.2 Å². The van der Waals surface area contributed by atoms with E-state index in [1.807, 2.05) is 56.3 Å². The lowest BCUT2D eigenvalue weighted by Crippen LogP contribution is -2.39. The number of aryl methyl sites for hydroxylation is 1. The molecule has 1 atom stereocenters. The zero-order valence-electron chi connectivity index (χ0n) is 20.5. The highest BCUT2D eigenvalue weighted by atomic mass is 32.1. The minimum Gasteiger partial charge on any atom is -0.493 e. The van der Waals surface area contributed by atoms with Gasteiger partial charge in [0.25, 0.3) is 5.56 Å². The van der Waals surface area contributed by atoms with Crippen molar-refractivity contribution in [3.05, 3.63) is 90.1 Å². The van der Waals surface area contributed by atoms with Crippen molar-refractivity contribution >= 4 is 23.4 Å². The van der Waals surface area contributed by atoms with Gasteiger partial charge in [-0.25, -0.2) is 9.79 Å². The largest absolute Gasteiger partial charge is 0.493 e. The first kappa shape index (κ1) is 24.5. The van der Waals surface area contributed by atoms with Crippen LogP contribution in [0.25, 0.3) is 6.08 Å². The number of ether oxygens (including phenoxy) is 3. The predicted molar refractivity (Wildman–Crippen MR) is 136 cm³/mol. The number of benzene rings is 2. The normalized spacial score (nSPS) is 15.5. The van der Waals surface area contributed by atoms with Gasteiger partial charge in [-0.2, -0.15) is 0 Å². The summed E-state index contributed by atoms with van der Waals surface area (Å²) in [6.07, 6.45) is 1.80. The third-order valence-corrected chi connectivity index (χ3v) is 6.68. The third-order valence-electron chi connectivity index (χ3n) is 5.70. The van der Waals surface area contributed by atoms with Crippen LogP contribution in [-0.2, 0) is 9.53 Å². The second-order valence-electron chi connectivity index (χ2n) is 8.06. The molecule has 4 rings (SSSR count). The molecule has 0 aliphatic carbocycles. The number of allylic oxidation sites excluding steroid dienone is 1. The van der Waals surface area contributed by atoms with Gasteiger partial charge in [-0.05, 0) is 57.0 Å². The summed E-state index contributed by atoms with van der Waals surface area (Å²) in [7, 11) is 1.58. The third kappa shape index (κ3) is 4.79. The molecule has 7 nitrogen and oxygen atoms in total. The van der Waals surface area contributed by atoms with E-state index in [4.69, 9.17) is 14.2 Å². The van der Waals surface area contributed by atoms with Crippen LogP contribution in [0.15, 0.2) is 63.5 Å². The number of fused-ring (bicyclic) bond motifs is 1. The number of methoxy groups -OCH3 is 1. The molecule has 1 aliphatic heterocycles. The average Bonchev–Trinajstić information content (AvgIpc) is 3.14. The molecule has 0 amide bonds. The maximum atomic E-state index is 13.7. The van der Waals surface area contributed by atoms with Gasteiger partial charge in [0.2, 0.25) is 0 Å². The van der Waals surface area contributed by atoms with Crippen LogP contribution < -0.4 is 24.4 Å². The van der Waals surface area contributed by atoms with Crippen LogP contribution in [-0.4, -0.2) is 30.9 Å². The number of thiazole rings is 1. The van der Waals surface area contributed by atoms with Crippen molar-refractivity contribution in [2.24, 2.45) is 4.99 Å². The Kier molecular flexibility index (Phi) is 7.21. The van der Waals surface area contributed by atoms with Crippen molar-refractivity contribution in [3.8, 4) is 11.5 Å². The molecule has 1 unspecified atom stereocenters. The number of esters is 1. The number of carbonyl (C=O) groups excluding carboxylic acids is 1. The summed E-state index contributed by atoms with van der Waals surface area (Å²) in [5.41, 5.74) is 3.40. The minimum atomic E-state index is -0.622. The SMILES string of the molecule is CCOC(=O)C1=C(C)N=c2s/c(=C\c3ccc(OCC)c(OC)c3)c(=O)n2C1c1ccc(C)cc1. The van der Waals surface area contributed by atoms with Gasteiger partial charge in [-0.1, -0.05) is 47.2 Å². The summed E-state index contributed by atoms with van der Waals surface area (Å²) in [5, 5.41) is 0. The Bertz CT molecular complexity index is 1460. The number of aromatic nitrogens is 1. The van der Waals surface area contributed by atoms with Gasteiger partial charge < -0.3 is 14.2 Å². The standard InChI is InChI=1S/C27H28N2O5S/c1-6-33-20-13-10-18(14-21(20)32-5)15-22-25(30)29-24(19-11-8-16(3)9-12-19)23(26(31)34-7-2)17(4)28-27(29)35-22/h8-15,24H,6-7H2,1-5H3/b22-15-. The smallest absolute Gasteiger partial charge is 0.338 e. The first-order valence-electron chi connectivity index (χ1n) is 11.4. The second-order valence-corrected chi connectivity index (χ2v) is 9.07. The van der Waals surface area contributed by atoms with Crippen molar-refractivity contribution in [1.82, 2.24) is 4.57 Å². The van der Waals surface area contributed by atoms with Gasteiger partial charge in [0.05, 0.1) is 42.2 Å². The zero-order valence-corrected chi connectivity index (χ0v) is 21.3.